The Bertz CT molecular complexity index is 106. The van der Waals surface area contributed by atoms with Crippen molar-refractivity contribution in [3.8, 4) is 0 Å². The predicted octanol–water partition coefficient (Wildman–Crippen LogP) is 0.936. The summed E-state index contributed by atoms with van der Waals surface area (Å²) in [5.74, 6) is 0.909. The molecule has 2 nitrogen and oxygen atoms in total. The number of hydrogen-bond donors (Lipinski definition) is 1. The van der Waals surface area contributed by atoms with Crippen LogP contribution >= 0.6 is 0 Å². The smallest absolute Gasteiger partial charge is 0.00900 e. The molecule has 0 aromatic heterocycles. The normalized spacial score (nSPS) is 24.0. The minimum Gasteiger partial charge on any atom is -0.317 e. The molecule has 66 valence electrons. The fourth-order valence-electron chi connectivity index (χ4n) is 1.75. The minimum absolute atomic E-state index is 0.747. The zero-order valence-electron chi connectivity index (χ0n) is 7.93. The third kappa shape index (κ3) is 2.46. The summed E-state index contributed by atoms with van der Waals surface area (Å²) in [6.45, 7) is 4.75. The number of nitrogens with zero attached hydrogens (tertiary/aromatic N) is 1. The van der Waals surface area contributed by atoms with Crippen molar-refractivity contribution in [3.63, 3.8) is 0 Å². The fourth-order valence-corrected chi connectivity index (χ4v) is 1.75. The third-order valence-electron chi connectivity index (χ3n) is 2.88. The molecule has 0 aromatic carbocycles. The van der Waals surface area contributed by atoms with E-state index in [-0.39, 0.29) is 0 Å². The summed E-state index contributed by atoms with van der Waals surface area (Å²) >= 11 is 0. The van der Waals surface area contributed by atoms with E-state index in [4.69, 9.17) is 0 Å². The van der Waals surface area contributed by atoms with Crippen LogP contribution in [0.5, 0.6) is 0 Å². The molecule has 1 saturated heterocycles. The first kappa shape index (κ1) is 9.01. The molecule has 1 fully saturated rings. The van der Waals surface area contributed by atoms with Crippen LogP contribution in [-0.2, 0) is 0 Å². The van der Waals surface area contributed by atoms with Crippen molar-refractivity contribution in [1.29, 1.82) is 0 Å². The Hall–Kier alpha value is -0.0800. The van der Waals surface area contributed by atoms with Gasteiger partial charge in [-0.15, -0.1) is 0 Å². The largest absolute Gasteiger partial charge is 0.317 e. The van der Waals surface area contributed by atoms with Gasteiger partial charge in [0.15, 0.2) is 0 Å². The van der Waals surface area contributed by atoms with E-state index in [1.807, 2.05) is 0 Å². The van der Waals surface area contributed by atoms with Crippen molar-refractivity contribution in [2.75, 3.05) is 27.2 Å². The van der Waals surface area contributed by atoms with Crippen molar-refractivity contribution in [2.24, 2.45) is 5.92 Å². The van der Waals surface area contributed by atoms with E-state index in [1.165, 1.54) is 25.9 Å². The summed E-state index contributed by atoms with van der Waals surface area (Å²) in [5.41, 5.74) is 0. The van der Waals surface area contributed by atoms with E-state index in [0.29, 0.717) is 0 Å². The van der Waals surface area contributed by atoms with Crippen molar-refractivity contribution >= 4 is 0 Å². The molecule has 0 radical (unpaired) electrons. The zero-order chi connectivity index (χ0) is 8.27. The van der Waals surface area contributed by atoms with Crippen molar-refractivity contribution in [3.05, 3.63) is 0 Å². The maximum atomic E-state index is 3.39. The molecule has 0 amide bonds. The zero-order valence-corrected chi connectivity index (χ0v) is 7.93. The molecule has 1 rings (SSSR count). The molecular weight excluding hydrogens is 136 g/mol. The second-order valence-electron chi connectivity index (χ2n) is 3.79. The molecule has 0 unspecified atom stereocenters. The van der Waals surface area contributed by atoms with Crippen LogP contribution in [0.4, 0.5) is 0 Å². The molecule has 0 spiro atoms. The molecule has 0 aromatic rings. The lowest BCUT2D eigenvalue weighted by Crippen LogP contribution is -2.39. The third-order valence-corrected chi connectivity index (χ3v) is 2.88. The maximum Gasteiger partial charge on any atom is 0.00900 e. The minimum atomic E-state index is 0.747. The lowest BCUT2D eigenvalue weighted by molar-refractivity contribution is 0.191. The van der Waals surface area contributed by atoms with E-state index in [2.05, 4.69) is 31.2 Å². The average molecular weight is 156 g/mol. The highest BCUT2D eigenvalue weighted by Gasteiger charge is 2.20. The van der Waals surface area contributed by atoms with Gasteiger partial charge in [-0.2, -0.15) is 0 Å². The van der Waals surface area contributed by atoms with Crippen LogP contribution in [0, 0.1) is 5.92 Å². The number of rotatable bonds is 2. The van der Waals surface area contributed by atoms with E-state index < -0.39 is 0 Å². The van der Waals surface area contributed by atoms with Crippen molar-refractivity contribution in [1.82, 2.24) is 10.2 Å². The van der Waals surface area contributed by atoms with E-state index in [1.54, 1.807) is 0 Å². The van der Waals surface area contributed by atoms with Crippen LogP contribution in [0.1, 0.15) is 19.8 Å². The van der Waals surface area contributed by atoms with Crippen LogP contribution in [0.2, 0.25) is 0 Å². The molecule has 1 N–H and O–H groups in total. The average Bonchev–Trinajstić information content (AvgIpc) is 2.05. The Labute approximate surface area is 70.0 Å². The van der Waals surface area contributed by atoms with Gasteiger partial charge in [0.1, 0.15) is 0 Å². The van der Waals surface area contributed by atoms with E-state index in [9.17, 15) is 0 Å². The first-order valence-electron chi connectivity index (χ1n) is 4.59. The fraction of sp³-hybridized carbons (Fsp3) is 1.00. The van der Waals surface area contributed by atoms with Gasteiger partial charge in [0.2, 0.25) is 0 Å². The van der Waals surface area contributed by atoms with Gasteiger partial charge >= 0.3 is 0 Å². The Balaban J connectivity index is 2.32. The summed E-state index contributed by atoms with van der Waals surface area (Å²) in [6.07, 6.45) is 2.69. The molecule has 0 saturated carbocycles. The number of piperidine rings is 1. The first-order valence-corrected chi connectivity index (χ1v) is 4.59. The van der Waals surface area contributed by atoms with Crippen LogP contribution in [0.25, 0.3) is 0 Å². The number of hydrogen-bond acceptors (Lipinski definition) is 2. The van der Waals surface area contributed by atoms with Gasteiger partial charge in [-0.3, -0.25) is 0 Å². The highest BCUT2D eigenvalue weighted by Crippen LogP contribution is 2.18. The van der Waals surface area contributed by atoms with E-state index >= 15 is 0 Å². The molecule has 0 bridgehead atoms. The van der Waals surface area contributed by atoms with Crippen LogP contribution in [-0.4, -0.2) is 38.1 Å². The summed E-state index contributed by atoms with van der Waals surface area (Å²) in [6, 6.07) is 0.747. The van der Waals surface area contributed by atoms with Gasteiger partial charge in [-0.05, 0) is 52.9 Å². The molecule has 0 aliphatic carbocycles. The van der Waals surface area contributed by atoms with Crippen LogP contribution in [0.3, 0.4) is 0 Å². The molecule has 11 heavy (non-hydrogen) atoms. The summed E-state index contributed by atoms with van der Waals surface area (Å²) in [5, 5.41) is 3.39. The quantitative estimate of drug-likeness (QED) is 0.640. The Kier molecular flexibility index (Phi) is 3.34. The highest BCUT2D eigenvalue weighted by molar-refractivity contribution is 4.76. The van der Waals surface area contributed by atoms with Gasteiger partial charge in [-0.1, -0.05) is 0 Å². The van der Waals surface area contributed by atoms with Gasteiger partial charge in [0.05, 0.1) is 0 Å². The first-order chi connectivity index (χ1) is 5.22. The van der Waals surface area contributed by atoms with Gasteiger partial charge < -0.3 is 10.2 Å². The molecule has 2 heteroatoms. The van der Waals surface area contributed by atoms with Crippen LogP contribution in [0.15, 0.2) is 0 Å². The van der Waals surface area contributed by atoms with Crippen molar-refractivity contribution in [2.45, 2.75) is 25.8 Å². The van der Waals surface area contributed by atoms with Gasteiger partial charge in [-0.25, -0.2) is 0 Å². The highest BCUT2D eigenvalue weighted by atomic mass is 15.1. The standard InChI is InChI=1S/C9H20N2/c1-8(11(2)3)9-4-6-10-7-5-9/h8-10H,4-7H2,1-3H3/t8-/m0/s1. The molecule has 1 atom stereocenters. The Morgan fingerprint density at radius 3 is 2.27 bits per heavy atom. The monoisotopic (exact) mass is 156 g/mol. The summed E-state index contributed by atoms with van der Waals surface area (Å²) < 4.78 is 0. The lowest BCUT2D eigenvalue weighted by Gasteiger charge is -2.32. The molecule has 1 heterocycles. The molecule has 1 aliphatic rings. The topological polar surface area (TPSA) is 15.3 Å². The SMILES string of the molecule is C[C@@H](C1CCNCC1)N(C)C. The van der Waals surface area contributed by atoms with Gasteiger partial charge in [0.25, 0.3) is 0 Å². The number of nitrogens with one attached hydrogen (secondary N) is 1. The Morgan fingerprint density at radius 2 is 1.82 bits per heavy atom. The molecular formula is C9H20N2. The molecule has 1 aliphatic heterocycles. The van der Waals surface area contributed by atoms with Gasteiger partial charge in [0, 0.05) is 6.04 Å². The second-order valence-corrected chi connectivity index (χ2v) is 3.79. The second kappa shape index (κ2) is 4.07. The Morgan fingerprint density at radius 1 is 1.27 bits per heavy atom. The maximum absolute atomic E-state index is 3.39. The van der Waals surface area contributed by atoms with E-state index in [0.717, 1.165) is 12.0 Å². The summed E-state index contributed by atoms with van der Waals surface area (Å²) in [7, 11) is 4.35. The van der Waals surface area contributed by atoms with Crippen LogP contribution < -0.4 is 5.32 Å². The lowest BCUT2D eigenvalue weighted by atomic mass is 9.91. The summed E-state index contributed by atoms with van der Waals surface area (Å²) in [4.78, 5) is 2.33. The van der Waals surface area contributed by atoms with Crippen molar-refractivity contribution < 1.29 is 0 Å². The predicted molar refractivity (Wildman–Crippen MR) is 48.7 cm³/mol.